The number of nitrogens with zero attached hydrogens (tertiary/aromatic N) is 3. The summed E-state index contributed by atoms with van der Waals surface area (Å²) >= 11 is 0. The minimum Gasteiger partial charge on any atom is -0.462 e. The normalized spacial score (nSPS) is 10.2. The molecule has 2 heterocycles. The number of H-pyrrole nitrogens is 1. The van der Waals surface area contributed by atoms with Crippen molar-refractivity contribution in [1.29, 1.82) is 0 Å². The van der Waals surface area contributed by atoms with Crippen molar-refractivity contribution in [2.24, 2.45) is 0 Å². The molecule has 0 saturated carbocycles. The minimum atomic E-state index is -0.405. The first-order valence-corrected chi connectivity index (χ1v) is 5.93. The van der Waals surface area contributed by atoms with Gasteiger partial charge in [0.1, 0.15) is 5.82 Å². The van der Waals surface area contributed by atoms with Crippen molar-refractivity contribution in [2.75, 3.05) is 11.9 Å². The summed E-state index contributed by atoms with van der Waals surface area (Å²) in [6.07, 6.45) is 4.88. The van der Waals surface area contributed by atoms with E-state index in [2.05, 4.69) is 25.3 Å². The number of carbonyl (C=O) groups excluding carboxylic acids is 1. The summed E-state index contributed by atoms with van der Waals surface area (Å²) in [5.41, 5.74) is 0.959. The first-order valence-electron chi connectivity index (χ1n) is 5.93. The van der Waals surface area contributed by atoms with Gasteiger partial charge in [0.2, 0.25) is 5.95 Å². The summed E-state index contributed by atoms with van der Waals surface area (Å²) in [6.45, 7) is 4.32. The summed E-state index contributed by atoms with van der Waals surface area (Å²) in [6, 6.07) is 0. The van der Waals surface area contributed by atoms with Gasteiger partial charge in [0.25, 0.3) is 0 Å². The van der Waals surface area contributed by atoms with Crippen LogP contribution in [0.1, 0.15) is 28.8 Å². The smallest absolute Gasteiger partial charge is 0.341 e. The molecule has 0 atom stereocenters. The number of hydrogen-bond acceptors (Lipinski definition) is 6. The van der Waals surface area contributed by atoms with Gasteiger partial charge in [-0.05, 0) is 13.8 Å². The second-order valence-corrected chi connectivity index (χ2v) is 3.80. The Morgan fingerprint density at radius 2 is 2.32 bits per heavy atom. The van der Waals surface area contributed by atoms with Gasteiger partial charge in [-0.1, -0.05) is 0 Å². The van der Waals surface area contributed by atoms with Gasteiger partial charge in [0, 0.05) is 18.6 Å². The van der Waals surface area contributed by atoms with Crippen molar-refractivity contribution in [3.05, 3.63) is 35.7 Å². The van der Waals surface area contributed by atoms with E-state index in [-0.39, 0.29) is 0 Å². The number of rotatable bonds is 5. The number of aromatic amines is 1. The van der Waals surface area contributed by atoms with Gasteiger partial charge in [-0.25, -0.2) is 19.7 Å². The van der Waals surface area contributed by atoms with E-state index in [0.29, 0.717) is 30.4 Å². The van der Waals surface area contributed by atoms with Crippen molar-refractivity contribution in [1.82, 2.24) is 19.9 Å². The molecule has 0 spiro atoms. The number of ether oxygens (including phenoxy) is 1. The molecular weight excluding hydrogens is 246 g/mol. The summed E-state index contributed by atoms with van der Waals surface area (Å²) in [5, 5.41) is 3.02. The topological polar surface area (TPSA) is 92.8 Å². The van der Waals surface area contributed by atoms with E-state index in [1.165, 1.54) is 6.20 Å². The first kappa shape index (κ1) is 13.0. The monoisotopic (exact) mass is 261 g/mol. The molecule has 0 amide bonds. The van der Waals surface area contributed by atoms with E-state index < -0.39 is 5.97 Å². The number of hydrogen-bond donors (Lipinski definition) is 2. The second kappa shape index (κ2) is 5.94. The maximum Gasteiger partial charge on any atom is 0.341 e. The highest BCUT2D eigenvalue weighted by Crippen LogP contribution is 2.09. The van der Waals surface area contributed by atoms with Crippen LogP contribution in [0.3, 0.4) is 0 Å². The van der Waals surface area contributed by atoms with Crippen LogP contribution in [0.2, 0.25) is 0 Å². The molecular formula is C12H15N5O2. The number of aryl methyl sites for hydroxylation is 1. The van der Waals surface area contributed by atoms with Crippen LogP contribution in [0.15, 0.2) is 18.6 Å². The van der Waals surface area contributed by atoms with E-state index in [9.17, 15) is 4.79 Å². The van der Waals surface area contributed by atoms with Crippen molar-refractivity contribution in [3.63, 3.8) is 0 Å². The third-order valence-electron chi connectivity index (χ3n) is 2.44. The van der Waals surface area contributed by atoms with E-state index in [0.717, 1.165) is 5.82 Å². The third-order valence-corrected chi connectivity index (χ3v) is 2.44. The van der Waals surface area contributed by atoms with Crippen molar-refractivity contribution >= 4 is 11.9 Å². The van der Waals surface area contributed by atoms with Gasteiger partial charge in [0.05, 0.1) is 24.4 Å². The molecule has 0 aliphatic rings. The van der Waals surface area contributed by atoms with Crippen LogP contribution < -0.4 is 5.32 Å². The third kappa shape index (κ3) is 3.27. The SMILES string of the molecule is CCOC(=O)c1cnc(NCc2ncc[nH]2)nc1C. The Hall–Kier alpha value is -2.44. The number of aromatic nitrogens is 4. The molecule has 0 unspecified atom stereocenters. The molecule has 0 saturated heterocycles. The zero-order valence-corrected chi connectivity index (χ0v) is 10.8. The Balaban J connectivity index is 2.04. The molecule has 0 fully saturated rings. The van der Waals surface area contributed by atoms with Crippen LogP contribution in [0.4, 0.5) is 5.95 Å². The zero-order chi connectivity index (χ0) is 13.7. The van der Waals surface area contributed by atoms with Gasteiger partial charge in [-0.3, -0.25) is 0 Å². The first-order chi connectivity index (χ1) is 9.20. The molecule has 2 aromatic heterocycles. The maximum atomic E-state index is 11.6. The average molecular weight is 261 g/mol. The lowest BCUT2D eigenvalue weighted by atomic mass is 10.2. The summed E-state index contributed by atoms with van der Waals surface area (Å²) in [7, 11) is 0. The largest absolute Gasteiger partial charge is 0.462 e. The predicted octanol–water partition coefficient (Wildman–Crippen LogP) is 1.30. The summed E-state index contributed by atoms with van der Waals surface area (Å²) in [5.74, 6) is 0.829. The highest BCUT2D eigenvalue weighted by molar-refractivity contribution is 5.90. The minimum absolute atomic E-state index is 0.330. The van der Waals surface area contributed by atoms with Crippen molar-refractivity contribution in [2.45, 2.75) is 20.4 Å². The quantitative estimate of drug-likeness (QED) is 0.788. The zero-order valence-electron chi connectivity index (χ0n) is 10.8. The lowest BCUT2D eigenvalue weighted by Crippen LogP contribution is -2.11. The van der Waals surface area contributed by atoms with E-state index >= 15 is 0 Å². The standard InChI is InChI=1S/C12H15N5O2/c1-3-19-11(18)9-6-15-12(17-8(9)2)16-7-10-13-4-5-14-10/h4-6H,3,7H2,1-2H3,(H,13,14)(H,15,16,17). The van der Waals surface area contributed by atoms with Gasteiger partial charge >= 0.3 is 5.97 Å². The highest BCUT2D eigenvalue weighted by Gasteiger charge is 2.12. The molecule has 7 heteroatoms. The molecule has 0 aliphatic carbocycles. The molecule has 0 aromatic carbocycles. The Kier molecular flexibility index (Phi) is 4.07. The second-order valence-electron chi connectivity index (χ2n) is 3.80. The fraction of sp³-hybridized carbons (Fsp3) is 0.333. The van der Waals surface area contributed by atoms with Gasteiger partial charge in [-0.2, -0.15) is 0 Å². The highest BCUT2D eigenvalue weighted by atomic mass is 16.5. The fourth-order valence-corrected chi connectivity index (χ4v) is 1.52. The van der Waals surface area contributed by atoms with Crippen molar-refractivity contribution < 1.29 is 9.53 Å². The number of imidazole rings is 1. The predicted molar refractivity (Wildman–Crippen MR) is 68.6 cm³/mol. The Morgan fingerprint density at radius 3 is 2.95 bits per heavy atom. The molecule has 2 rings (SSSR count). The number of anilines is 1. The van der Waals surface area contributed by atoms with Gasteiger partial charge in [0.15, 0.2) is 0 Å². The molecule has 100 valence electrons. The lowest BCUT2D eigenvalue weighted by Gasteiger charge is -2.07. The molecule has 2 N–H and O–H groups in total. The Labute approximate surface area is 110 Å². The number of nitrogens with one attached hydrogen (secondary N) is 2. The van der Waals surface area contributed by atoms with E-state index in [1.807, 2.05) is 0 Å². The molecule has 0 bridgehead atoms. The van der Waals surface area contributed by atoms with Crippen LogP contribution in [-0.4, -0.2) is 32.5 Å². The van der Waals surface area contributed by atoms with Crippen LogP contribution in [-0.2, 0) is 11.3 Å². The average Bonchev–Trinajstić information content (AvgIpc) is 2.89. The van der Waals surface area contributed by atoms with Gasteiger partial charge in [-0.15, -0.1) is 0 Å². The summed E-state index contributed by atoms with van der Waals surface area (Å²) in [4.78, 5) is 26.9. The van der Waals surface area contributed by atoms with Crippen LogP contribution in [0.5, 0.6) is 0 Å². The van der Waals surface area contributed by atoms with Crippen LogP contribution in [0.25, 0.3) is 0 Å². The lowest BCUT2D eigenvalue weighted by molar-refractivity contribution is 0.0524. The maximum absolute atomic E-state index is 11.6. The Bertz CT molecular complexity index is 553. The molecule has 7 nitrogen and oxygen atoms in total. The van der Waals surface area contributed by atoms with Gasteiger partial charge < -0.3 is 15.0 Å². The number of carbonyl (C=O) groups is 1. The number of esters is 1. The van der Waals surface area contributed by atoms with Crippen molar-refractivity contribution in [3.8, 4) is 0 Å². The Morgan fingerprint density at radius 1 is 1.47 bits per heavy atom. The fourth-order valence-electron chi connectivity index (χ4n) is 1.52. The van der Waals surface area contributed by atoms with E-state index in [1.54, 1.807) is 26.2 Å². The molecule has 0 aliphatic heterocycles. The van der Waals surface area contributed by atoms with Crippen LogP contribution >= 0.6 is 0 Å². The van der Waals surface area contributed by atoms with E-state index in [4.69, 9.17) is 4.74 Å². The molecule has 19 heavy (non-hydrogen) atoms. The molecule has 0 radical (unpaired) electrons. The summed E-state index contributed by atoms with van der Waals surface area (Å²) < 4.78 is 4.91. The molecule has 2 aromatic rings. The van der Waals surface area contributed by atoms with Crippen LogP contribution in [0, 0.1) is 6.92 Å².